The molecule has 0 aliphatic heterocycles. The Hall–Kier alpha value is -2.88. The zero-order valence-corrected chi connectivity index (χ0v) is 14.0. The van der Waals surface area contributed by atoms with E-state index in [0.717, 1.165) is 16.6 Å². The standard InChI is InChI=1S/C20H19NO3/c1-4-24-20(23)18-11-17-10-16(15-8-6-5-7-9-15)12-21(17)19(13(18)2)14(3)22/h5-12H,4H2,1-3H3. The van der Waals surface area contributed by atoms with Crippen LogP contribution in [-0.4, -0.2) is 22.8 Å². The zero-order chi connectivity index (χ0) is 17.3. The van der Waals surface area contributed by atoms with Crippen LogP contribution in [0.15, 0.2) is 48.7 Å². The van der Waals surface area contributed by atoms with Crippen molar-refractivity contribution < 1.29 is 14.3 Å². The van der Waals surface area contributed by atoms with E-state index in [-0.39, 0.29) is 5.78 Å². The Morgan fingerprint density at radius 2 is 1.79 bits per heavy atom. The fourth-order valence-corrected chi connectivity index (χ4v) is 2.99. The van der Waals surface area contributed by atoms with E-state index in [0.29, 0.717) is 23.4 Å². The second kappa shape index (κ2) is 6.32. The Bertz CT molecular complexity index is 923. The molecular weight excluding hydrogens is 302 g/mol. The summed E-state index contributed by atoms with van der Waals surface area (Å²) in [6.45, 7) is 5.36. The van der Waals surface area contributed by atoms with E-state index in [1.54, 1.807) is 19.9 Å². The summed E-state index contributed by atoms with van der Waals surface area (Å²) >= 11 is 0. The topological polar surface area (TPSA) is 47.8 Å². The van der Waals surface area contributed by atoms with E-state index in [4.69, 9.17) is 4.74 Å². The van der Waals surface area contributed by atoms with Gasteiger partial charge in [0.05, 0.1) is 17.9 Å². The molecule has 0 spiro atoms. The average molecular weight is 321 g/mol. The maximum atomic E-state index is 12.2. The first-order valence-electron chi connectivity index (χ1n) is 7.92. The van der Waals surface area contributed by atoms with E-state index in [1.807, 2.05) is 47.0 Å². The van der Waals surface area contributed by atoms with Crippen molar-refractivity contribution in [2.24, 2.45) is 0 Å². The number of nitrogens with zero attached hydrogens (tertiary/aromatic N) is 1. The lowest BCUT2D eigenvalue weighted by Gasteiger charge is -2.12. The molecule has 2 heterocycles. The molecule has 0 bridgehead atoms. The van der Waals surface area contributed by atoms with Crippen molar-refractivity contribution in [3.8, 4) is 11.1 Å². The molecule has 1 aromatic carbocycles. The third-order valence-electron chi connectivity index (χ3n) is 4.08. The number of ketones is 1. The number of fused-ring (bicyclic) bond motifs is 1. The molecule has 0 saturated heterocycles. The number of hydrogen-bond donors (Lipinski definition) is 0. The maximum Gasteiger partial charge on any atom is 0.338 e. The van der Waals surface area contributed by atoms with Crippen molar-refractivity contribution >= 4 is 17.3 Å². The lowest BCUT2D eigenvalue weighted by atomic mass is 10.0. The summed E-state index contributed by atoms with van der Waals surface area (Å²) in [6.07, 6.45) is 1.93. The third kappa shape index (κ3) is 2.71. The number of ether oxygens (including phenoxy) is 1. The second-order valence-electron chi connectivity index (χ2n) is 5.70. The Morgan fingerprint density at radius 3 is 2.42 bits per heavy atom. The number of aromatic nitrogens is 1. The van der Waals surface area contributed by atoms with Gasteiger partial charge in [0.15, 0.2) is 5.78 Å². The van der Waals surface area contributed by atoms with Gasteiger partial charge in [0.2, 0.25) is 0 Å². The third-order valence-corrected chi connectivity index (χ3v) is 4.08. The van der Waals surface area contributed by atoms with Crippen molar-refractivity contribution in [1.82, 2.24) is 4.40 Å². The molecule has 0 atom stereocenters. The minimum absolute atomic E-state index is 0.0844. The van der Waals surface area contributed by atoms with Gasteiger partial charge >= 0.3 is 5.97 Å². The minimum Gasteiger partial charge on any atom is -0.462 e. The highest BCUT2D eigenvalue weighted by molar-refractivity contribution is 6.01. The number of esters is 1. The van der Waals surface area contributed by atoms with Crippen LogP contribution < -0.4 is 0 Å². The van der Waals surface area contributed by atoms with Crippen molar-refractivity contribution in [1.29, 1.82) is 0 Å². The largest absolute Gasteiger partial charge is 0.462 e. The summed E-state index contributed by atoms with van der Waals surface area (Å²) in [7, 11) is 0. The first kappa shape index (κ1) is 16.0. The van der Waals surface area contributed by atoms with Crippen LogP contribution in [0.1, 0.15) is 40.3 Å². The van der Waals surface area contributed by atoms with Gasteiger partial charge in [-0.25, -0.2) is 4.79 Å². The number of benzene rings is 1. The summed E-state index contributed by atoms with van der Waals surface area (Å²) in [5.41, 5.74) is 4.45. The van der Waals surface area contributed by atoms with Crippen molar-refractivity contribution in [2.45, 2.75) is 20.8 Å². The molecule has 0 aliphatic rings. The van der Waals surface area contributed by atoms with Gasteiger partial charge in [0.25, 0.3) is 0 Å². The lowest BCUT2D eigenvalue weighted by molar-refractivity contribution is 0.0525. The predicted octanol–water partition coefficient (Wildman–Crippen LogP) is 4.29. The number of rotatable bonds is 4. The van der Waals surface area contributed by atoms with E-state index >= 15 is 0 Å². The van der Waals surface area contributed by atoms with Crippen LogP contribution in [0.25, 0.3) is 16.6 Å². The first-order chi connectivity index (χ1) is 11.5. The Kier molecular flexibility index (Phi) is 4.21. The molecule has 3 rings (SSSR count). The Balaban J connectivity index is 2.26. The quantitative estimate of drug-likeness (QED) is 0.532. The van der Waals surface area contributed by atoms with Crippen LogP contribution in [0.2, 0.25) is 0 Å². The molecule has 122 valence electrons. The smallest absolute Gasteiger partial charge is 0.338 e. The van der Waals surface area contributed by atoms with Crippen LogP contribution in [0.3, 0.4) is 0 Å². The van der Waals surface area contributed by atoms with E-state index in [9.17, 15) is 9.59 Å². The summed E-state index contributed by atoms with van der Waals surface area (Å²) in [6, 6.07) is 13.7. The Morgan fingerprint density at radius 1 is 1.08 bits per heavy atom. The molecule has 0 saturated carbocycles. The summed E-state index contributed by atoms with van der Waals surface area (Å²) in [4.78, 5) is 24.4. The van der Waals surface area contributed by atoms with Crippen LogP contribution in [-0.2, 0) is 4.74 Å². The molecule has 4 heteroatoms. The van der Waals surface area contributed by atoms with Crippen molar-refractivity contribution in [3.05, 3.63) is 65.5 Å². The van der Waals surface area contributed by atoms with Gasteiger partial charge in [-0.2, -0.15) is 0 Å². The maximum absolute atomic E-state index is 12.2. The number of carbonyl (C=O) groups excluding carboxylic acids is 2. The normalized spacial score (nSPS) is 10.8. The molecule has 2 aromatic heterocycles. The highest BCUT2D eigenvalue weighted by Gasteiger charge is 2.19. The van der Waals surface area contributed by atoms with Crippen LogP contribution >= 0.6 is 0 Å². The Labute approximate surface area is 140 Å². The zero-order valence-electron chi connectivity index (χ0n) is 14.0. The van der Waals surface area contributed by atoms with Gasteiger partial charge < -0.3 is 9.14 Å². The summed E-state index contributed by atoms with van der Waals surface area (Å²) < 4.78 is 6.97. The van der Waals surface area contributed by atoms with Crippen LogP contribution in [0.5, 0.6) is 0 Å². The van der Waals surface area contributed by atoms with Crippen LogP contribution in [0.4, 0.5) is 0 Å². The summed E-state index contributed by atoms with van der Waals surface area (Å²) in [5, 5.41) is 0. The molecule has 0 amide bonds. The average Bonchev–Trinajstić information content (AvgIpc) is 2.98. The second-order valence-corrected chi connectivity index (χ2v) is 5.70. The molecule has 4 nitrogen and oxygen atoms in total. The minimum atomic E-state index is -0.400. The van der Waals surface area contributed by atoms with Gasteiger partial charge in [-0.15, -0.1) is 0 Å². The molecule has 0 unspecified atom stereocenters. The monoisotopic (exact) mass is 321 g/mol. The molecular formula is C20H19NO3. The van der Waals surface area contributed by atoms with Gasteiger partial charge in [0, 0.05) is 24.2 Å². The number of carbonyl (C=O) groups is 2. The lowest BCUT2D eigenvalue weighted by Crippen LogP contribution is -2.13. The van der Waals surface area contributed by atoms with E-state index in [1.165, 1.54) is 6.92 Å². The SMILES string of the molecule is CCOC(=O)c1cc2cc(-c3ccccc3)cn2c(C(C)=O)c1C. The number of Topliss-reactive ketones (excluding diaryl/α,β-unsaturated/α-hetero) is 1. The highest BCUT2D eigenvalue weighted by Crippen LogP contribution is 2.27. The molecule has 0 N–H and O–H groups in total. The number of pyridine rings is 1. The van der Waals surface area contributed by atoms with E-state index < -0.39 is 5.97 Å². The number of hydrogen-bond acceptors (Lipinski definition) is 3. The molecule has 0 fully saturated rings. The molecule has 3 aromatic rings. The molecule has 24 heavy (non-hydrogen) atoms. The van der Waals surface area contributed by atoms with Crippen molar-refractivity contribution in [2.75, 3.05) is 6.61 Å². The summed E-state index contributed by atoms with van der Waals surface area (Å²) in [5.74, 6) is -0.485. The first-order valence-corrected chi connectivity index (χ1v) is 7.92. The fraction of sp³-hybridized carbons (Fsp3) is 0.200. The van der Waals surface area contributed by atoms with Gasteiger partial charge in [0.1, 0.15) is 0 Å². The fourth-order valence-electron chi connectivity index (χ4n) is 2.99. The molecule has 0 radical (unpaired) electrons. The van der Waals surface area contributed by atoms with Crippen molar-refractivity contribution in [3.63, 3.8) is 0 Å². The molecule has 0 aliphatic carbocycles. The van der Waals surface area contributed by atoms with Crippen LogP contribution in [0, 0.1) is 6.92 Å². The van der Waals surface area contributed by atoms with E-state index in [2.05, 4.69) is 0 Å². The highest BCUT2D eigenvalue weighted by atomic mass is 16.5. The van der Waals surface area contributed by atoms with Gasteiger partial charge in [-0.1, -0.05) is 30.3 Å². The van der Waals surface area contributed by atoms with Gasteiger partial charge in [-0.3, -0.25) is 4.79 Å². The predicted molar refractivity (Wildman–Crippen MR) is 93.5 cm³/mol. The van der Waals surface area contributed by atoms with Gasteiger partial charge in [-0.05, 0) is 37.1 Å².